The van der Waals surface area contributed by atoms with Crippen LogP contribution in [0.5, 0.6) is 0 Å². The molecule has 0 radical (unpaired) electrons. The number of carbonyl (C=O) groups excluding carboxylic acids is 2. The van der Waals surface area contributed by atoms with E-state index in [-0.39, 0.29) is 30.8 Å². The Kier molecular flexibility index (Phi) is 5.68. The molecule has 0 spiro atoms. The number of terminal acetylenes is 1. The quantitative estimate of drug-likeness (QED) is 0.584. The first-order valence-electron chi connectivity index (χ1n) is 6.90. The lowest BCUT2D eigenvalue weighted by Crippen LogP contribution is -2.12. The van der Waals surface area contributed by atoms with Crippen LogP contribution >= 0.6 is 15.9 Å². The van der Waals surface area contributed by atoms with Gasteiger partial charge in [-0.15, -0.1) is 6.42 Å². The minimum atomic E-state index is -0.0735. The lowest BCUT2D eigenvalue weighted by molar-refractivity contribution is -0.126. The summed E-state index contributed by atoms with van der Waals surface area (Å²) < 4.78 is 0.968. The molecular weight excluding hydrogens is 340 g/mol. The number of carbonyl (C=O) groups is 2. The average Bonchev–Trinajstić information content (AvgIpc) is 2.50. The standard InChI is InChI=1S/C19H15BrO2/c1-2-14-3-5-15(6-4-14)11-18(21)13-19(22)12-16-7-9-17(20)10-8-16/h1,3-10H,11-13H2. The molecule has 3 heteroatoms. The minimum Gasteiger partial charge on any atom is -0.299 e. The van der Waals surface area contributed by atoms with Gasteiger partial charge >= 0.3 is 0 Å². The molecule has 0 saturated carbocycles. The number of Topliss-reactive ketones (excluding diaryl/α,β-unsaturated/α-hetero) is 2. The van der Waals surface area contributed by atoms with E-state index in [1.54, 1.807) is 12.1 Å². The summed E-state index contributed by atoms with van der Waals surface area (Å²) in [4.78, 5) is 23.9. The number of halogens is 1. The van der Waals surface area contributed by atoms with Crippen molar-refractivity contribution in [2.24, 2.45) is 0 Å². The molecule has 0 amide bonds. The van der Waals surface area contributed by atoms with Gasteiger partial charge in [0.15, 0.2) is 0 Å². The third-order valence-electron chi connectivity index (χ3n) is 3.23. The first-order valence-corrected chi connectivity index (χ1v) is 7.69. The van der Waals surface area contributed by atoms with E-state index in [1.807, 2.05) is 36.4 Å². The van der Waals surface area contributed by atoms with E-state index < -0.39 is 0 Å². The van der Waals surface area contributed by atoms with Gasteiger partial charge in [0.05, 0.1) is 6.42 Å². The number of ketones is 2. The van der Waals surface area contributed by atoms with Gasteiger partial charge in [-0.2, -0.15) is 0 Å². The van der Waals surface area contributed by atoms with Gasteiger partial charge in [-0.25, -0.2) is 0 Å². The fourth-order valence-corrected chi connectivity index (χ4v) is 2.39. The molecule has 2 aromatic rings. The molecule has 2 aromatic carbocycles. The Labute approximate surface area is 138 Å². The maximum atomic E-state index is 12.0. The van der Waals surface area contributed by atoms with Crippen molar-refractivity contribution in [3.63, 3.8) is 0 Å². The Hall–Kier alpha value is -2.18. The summed E-state index contributed by atoms with van der Waals surface area (Å²) in [5.74, 6) is 2.39. The van der Waals surface area contributed by atoms with E-state index in [1.165, 1.54) is 0 Å². The molecule has 0 bridgehead atoms. The van der Waals surface area contributed by atoms with E-state index in [0.717, 1.165) is 21.2 Å². The minimum absolute atomic E-state index is 0.0348. The summed E-state index contributed by atoms with van der Waals surface area (Å²) in [7, 11) is 0. The monoisotopic (exact) mass is 354 g/mol. The van der Waals surface area contributed by atoms with Gasteiger partial charge in [0.2, 0.25) is 0 Å². The zero-order chi connectivity index (χ0) is 15.9. The number of benzene rings is 2. The van der Waals surface area contributed by atoms with Gasteiger partial charge in [0.1, 0.15) is 11.6 Å². The van der Waals surface area contributed by atoms with E-state index in [2.05, 4.69) is 21.9 Å². The molecule has 0 heterocycles. The van der Waals surface area contributed by atoms with Crippen molar-refractivity contribution in [2.75, 3.05) is 0 Å². The molecule has 0 aliphatic rings. The summed E-state index contributed by atoms with van der Waals surface area (Å²) in [5, 5.41) is 0. The first kappa shape index (κ1) is 16.2. The lowest BCUT2D eigenvalue weighted by atomic mass is 10.0. The van der Waals surface area contributed by atoms with Crippen LogP contribution in [-0.4, -0.2) is 11.6 Å². The molecular formula is C19H15BrO2. The van der Waals surface area contributed by atoms with Crippen molar-refractivity contribution in [3.8, 4) is 12.3 Å². The predicted octanol–water partition coefficient (Wildman–Crippen LogP) is 3.74. The molecule has 110 valence electrons. The van der Waals surface area contributed by atoms with Gasteiger partial charge in [-0.05, 0) is 35.4 Å². The molecule has 0 N–H and O–H groups in total. The number of hydrogen-bond acceptors (Lipinski definition) is 2. The molecule has 0 unspecified atom stereocenters. The Morgan fingerprint density at radius 2 is 1.32 bits per heavy atom. The summed E-state index contributed by atoms with van der Waals surface area (Å²) in [6.45, 7) is 0. The zero-order valence-electron chi connectivity index (χ0n) is 12.0. The fourth-order valence-electron chi connectivity index (χ4n) is 2.12. The highest BCUT2D eigenvalue weighted by atomic mass is 79.9. The third kappa shape index (κ3) is 4.98. The zero-order valence-corrected chi connectivity index (χ0v) is 13.6. The average molecular weight is 355 g/mol. The fraction of sp³-hybridized carbons (Fsp3) is 0.158. The molecule has 0 atom stereocenters. The molecule has 0 aliphatic carbocycles. The molecule has 0 fully saturated rings. The first-order chi connectivity index (χ1) is 10.6. The van der Waals surface area contributed by atoms with Crippen molar-refractivity contribution >= 4 is 27.5 Å². The van der Waals surface area contributed by atoms with Crippen LogP contribution < -0.4 is 0 Å². The van der Waals surface area contributed by atoms with Gasteiger partial charge in [0.25, 0.3) is 0 Å². The lowest BCUT2D eigenvalue weighted by Gasteiger charge is -2.03. The van der Waals surface area contributed by atoms with Crippen molar-refractivity contribution in [3.05, 3.63) is 69.7 Å². The molecule has 0 aliphatic heterocycles. The summed E-state index contributed by atoms with van der Waals surface area (Å²) in [5.41, 5.74) is 2.57. The van der Waals surface area contributed by atoms with Crippen LogP contribution in [0.3, 0.4) is 0 Å². The molecule has 0 saturated heterocycles. The van der Waals surface area contributed by atoms with Crippen LogP contribution in [-0.2, 0) is 22.4 Å². The van der Waals surface area contributed by atoms with Gasteiger partial charge in [0, 0.05) is 22.9 Å². The van der Waals surface area contributed by atoms with E-state index in [4.69, 9.17) is 6.42 Å². The van der Waals surface area contributed by atoms with Crippen LogP contribution in [0.15, 0.2) is 53.0 Å². The Bertz CT molecular complexity index is 707. The number of hydrogen-bond donors (Lipinski definition) is 0. The van der Waals surface area contributed by atoms with Crippen LogP contribution in [0.1, 0.15) is 23.1 Å². The SMILES string of the molecule is C#Cc1ccc(CC(=O)CC(=O)Cc2ccc(Br)cc2)cc1. The maximum absolute atomic E-state index is 12.0. The largest absolute Gasteiger partial charge is 0.299 e. The summed E-state index contributed by atoms with van der Waals surface area (Å²) in [6.07, 6.45) is 5.80. The molecule has 2 nitrogen and oxygen atoms in total. The second kappa shape index (κ2) is 7.72. The maximum Gasteiger partial charge on any atom is 0.144 e. The highest BCUT2D eigenvalue weighted by Gasteiger charge is 2.11. The molecule has 22 heavy (non-hydrogen) atoms. The van der Waals surface area contributed by atoms with Crippen LogP contribution in [0.2, 0.25) is 0 Å². The predicted molar refractivity (Wildman–Crippen MR) is 90.6 cm³/mol. The third-order valence-corrected chi connectivity index (χ3v) is 3.76. The van der Waals surface area contributed by atoms with Crippen LogP contribution in [0.4, 0.5) is 0 Å². The van der Waals surface area contributed by atoms with Crippen LogP contribution in [0, 0.1) is 12.3 Å². The number of rotatable bonds is 6. The second-order valence-corrected chi connectivity index (χ2v) is 5.99. The van der Waals surface area contributed by atoms with Gasteiger partial charge in [-0.1, -0.05) is 46.1 Å². The highest BCUT2D eigenvalue weighted by molar-refractivity contribution is 9.10. The van der Waals surface area contributed by atoms with Crippen molar-refractivity contribution in [1.82, 2.24) is 0 Å². The summed E-state index contributed by atoms with van der Waals surface area (Å²) in [6, 6.07) is 14.8. The van der Waals surface area contributed by atoms with Crippen LogP contribution in [0.25, 0.3) is 0 Å². The van der Waals surface area contributed by atoms with E-state index in [0.29, 0.717) is 0 Å². The Balaban J connectivity index is 1.86. The topological polar surface area (TPSA) is 34.1 Å². The Morgan fingerprint density at radius 3 is 1.77 bits per heavy atom. The summed E-state index contributed by atoms with van der Waals surface area (Å²) >= 11 is 3.35. The van der Waals surface area contributed by atoms with Crippen molar-refractivity contribution in [2.45, 2.75) is 19.3 Å². The normalized spacial score (nSPS) is 10.0. The second-order valence-electron chi connectivity index (χ2n) is 5.08. The van der Waals surface area contributed by atoms with Crippen molar-refractivity contribution in [1.29, 1.82) is 0 Å². The smallest absolute Gasteiger partial charge is 0.144 e. The van der Waals surface area contributed by atoms with E-state index >= 15 is 0 Å². The van der Waals surface area contributed by atoms with Crippen molar-refractivity contribution < 1.29 is 9.59 Å². The molecule has 0 aromatic heterocycles. The molecule has 2 rings (SSSR count). The van der Waals surface area contributed by atoms with Gasteiger partial charge < -0.3 is 0 Å². The van der Waals surface area contributed by atoms with Gasteiger partial charge in [-0.3, -0.25) is 9.59 Å². The Morgan fingerprint density at radius 1 is 0.864 bits per heavy atom. The highest BCUT2D eigenvalue weighted by Crippen LogP contribution is 2.12. The van der Waals surface area contributed by atoms with E-state index in [9.17, 15) is 9.59 Å².